The maximum atomic E-state index is 4.32. The first kappa shape index (κ1) is 12.6. The first-order valence-electron chi connectivity index (χ1n) is 6.82. The Kier molecular flexibility index (Phi) is 3.59. The minimum Gasteiger partial charge on any atom is -0.384 e. The molecule has 20 heavy (non-hydrogen) atoms. The number of anilines is 1. The summed E-state index contributed by atoms with van der Waals surface area (Å²) in [6.45, 7) is 3.12. The third-order valence-corrected chi connectivity index (χ3v) is 3.45. The van der Waals surface area contributed by atoms with Gasteiger partial charge in [0.25, 0.3) is 0 Å². The third kappa shape index (κ3) is 2.77. The second-order valence-corrected chi connectivity index (χ2v) is 4.95. The molecule has 100 valence electrons. The van der Waals surface area contributed by atoms with Gasteiger partial charge in [0.05, 0.1) is 11.0 Å². The highest BCUT2D eigenvalue weighted by molar-refractivity contribution is 5.78. The molecule has 0 spiro atoms. The topological polar surface area (TPSA) is 37.8 Å². The van der Waals surface area contributed by atoms with Crippen molar-refractivity contribution in [3.8, 4) is 0 Å². The van der Waals surface area contributed by atoms with Crippen LogP contribution in [0.1, 0.15) is 18.4 Å². The summed E-state index contributed by atoms with van der Waals surface area (Å²) in [4.78, 5) is 8.60. The van der Waals surface area contributed by atoms with E-state index in [2.05, 4.69) is 52.5 Å². The Morgan fingerprint density at radius 3 is 2.50 bits per heavy atom. The molecule has 3 heteroatoms. The van der Waals surface area contributed by atoms with Gasteiger partial charge in [-0.25, -0.2) is 0 Å². The van der Waals surface area contributed by atoms with Crippen molar-refractivity contribution < 1.29 is 0 Å². The molecular formula is C17H17N3. The van der Waals surface area contributed by atoms with Gasteiger partial charge in [0.1, 0.15) is 0 Å². The van der Waals surface area contributed by atoms with Crippen molar-refractivity contribution in [3.05, 3.63) is 66.5 Å². The van der Waals surface area contributed by atoms with Gasteiger partial charge in [0.2, 0.25) is 0 Å². The van der Waals surface area contributed by atoms with Crippen molar-refractivity contribution >= 4 is 16.7 Å². The molecule has 3 rings (SSSR count). The number of fused-ring (bicyclic) bond motifs is 1. The molecule has 2 aromatic carbocycles. The fourth-order valence-electron chi connectivity index (χ4n) is 2.24. The van der Waals surface area contributed by atoms with E-state index in [0.29, 0.717) is 5.92 Å². The number of nitrogens with zero attached hydrogens (tertiary/aromatic N) is 2. The van der Waals surface area contributed by atoms with Crippen LogP contribution in [0.5, 0.6) is 0 Å². The van der Waals surface area contributed by atoms with E-state index in [0.717, 1.165) is 23.3 Å². The predicted molar refractivity (Wildman–Crippen MR) is 82.9 cm³/mol. The third-order valence-electron chi connectivity index (χ3n) is 3.45. The van der Waals surface area contributed by atoms with Crippen LogP contribution >= 0.6 is 0 Å². The van der Waals surface area contributed by atoms with E-state index >= 15 is 0 Å². The zero-order chi connectivity index (χ0) is 13.8. The average molecular weight is 263 g/mol. The van der Waals surface area contributed by atoms with Crippen LogP contribution in [0.25, 0.3) is 11.0 Å². The van der Waals surface area contributed by atoms with E-state index in [1.54, 1.807) is 12.4 Å². The van der Waals surface area contributed by atoms with Crippen molar-refractivity contribution in [2.75, 3.05) is 11.9 Å². The second kappa shape index (κ2) is 5.70. The Balaban J connectivity index is 1.70. The number of rotatable bonds is 4. The van der Waals surface area contributed by atoms with Crippen molar-refractivity contribution in [1.29, 1.82) is 0 Å². The zero-order valence-electron chi connectivity index (χ0n) is 11.5. The molecule has 1 unspecified atom stereocenters. The second-order valence-electron chi connectivity index (χ2n) is 4.95. The largest absolute Gasteiger partial charge is 0.384 e. The van der Waals surface area contributed by atoms with E-state index < -0.39 is 0 Å². The monoisotopic (exact) mass is 263 g/mol. The van der Waals surface area contributed by atoms with Crippen LogP contribution in [0.2, 0.25) is 0 Å². The quantitative estimate of drug-likeness (QED) is 0.777. The summed E-state index contributed by atoms with van der Waals surface area (Å²) in [5.41, 5.74) is 4.28. The number of aromatic nitrogens is 2. The molecule has 3 aromatic rings. The van der Waals surface area contributed by atoms with Crippen LogP contribution in [-0.4, -0.2) is 16.5 Å². The lowest BCUT2D eigenvalue weighted by atomic mass is 10.0. The highest BCUT2D eigenvalue weighted by Gasteiger charge is 2.05. The van der Waals surface area contributed by atoms with Gasteiger partial charge in [0, 0.05) is 24.6 Å². The lowest BCUT2D eigenvalue weighted by Crippen LogP contribution is -2.09. The lowest BCUT2D eigenvalue weighted by molar-refractivity contribution is 0.805. The van der Waals surface area contributed by atoms with E-state index in [1.807, 2.05) is 18.2 Å². The van der Waals surface area contributed by atoms with Gasteiger partial charge in [-0.3, -0.25) is 9.97 Å². The smallest absolute Gasteiger partial charge is 0.0907 e. The minimum absolute atomic E-state index is 0.466. The molecule has 0 radical (unpaired) electrons. The molecule has 1 atom stereocenters. The summed E-state index contributed by atoms with van der Waals surface area (Å²) >= 11 is 0. The molecule has 0 aliphatic heterocycles. The molecule has 0 amide bonds. The summed E-state index contributed by atoms with van der Waals surface area (Å²) in [5, 5.41) is 3.47. The molecule has 0 fully saturated rings. The van der Waals surface area contributed by atoms with Crippen LogP contribution in [-0.2, 0) is 0 Å². The Labute approximate surface area is 118 Å². The Morgan fingerprint density at radius 2 is 1.70 bits per heavy atom. The van der Waals surface area contributed by atoms with Gasteiger partial charge in [-0.2, -0.15) is 0 Å². The molecular weight excluding hydrogens is 246 g/mol. The molecule has 0 aliphatic rings. The SMILES string of the molecule is CC(CNc1ccc2nccnc2c1)c1ccccc1. The molecule has 1 aromatic heterocycles. The van der Waals surface area contributed by atoms with E-state index in [4.69, 9.17) is 0 Å². The van der Waals surface area contributed by atoms with Gasteiger partial charge in [-0.1, -0.05) is 37.3 Å². The molecule has 1 heterocycles. The number of nitrogens with one attached hydrogen (secondary N) is 1. The summed E-state index contributed by atoms with van der Waals surface area (Å²) in [5.74, 6) is 0.466. The molecule has 0 bridgehead atoms. The first-order valence-corrected chi connectivity index (χ1v) is 6.82. The van der Waals surface area contributed by atoms with Gasteiger partial charge < -0.3 is 5.32 Å². The van der Waals surface area contributed by atoms with Crippen LogP contribution in [0, 0.1) is 0 Å². The van der Waals surface area contributed by atoms with Gasteiger partial charge in [0.15, 0.2) is 0 Å². The zero-order valence-corrected chi connectivity index (χ0v) is 11.5. The molecule has 0 aliphatic carbocycles. The number of hydrogen-bond donors (Lipinski definition) is 1. The fraction of sp³-hybridized carbons (Fsp3) is 0.176. The molecule has 1 N–H and O–H groups in total. The standard InChI is InChI=1S/C17H17N3/c1-13(14-5-3-2-4-6-14)12-20-15-7-8-16-17(11-15)19-10-9-18-16/h2-11,13,20H,12H2,1H3. The molecule has 3 nitrogen and oxygen atoms in total. The van der Waals surface area contributed by atoms with Crippen molar-refractivity contribution in [2.24, 2.45) is 0 Å². The molecule has 0 saturated heterocycles. The van der Waals surface area contributed by atoms with Crippen LogP contribution in [0.15, 0.2) is 60.9 Å². The average Bonchev–Trinajstić information content (AvgIpc) is 2.53. The Hall–Kier alpha value is -2.42. The predicted octanol–water partition coefficient (Wildman–Crippen LogP) is 3.85. The fourth-order valence-corrected chi connectivity index (χ4v) is 2.24. The van der Waals surface area contributed by atoms with E-state index in [9.17, 15) is 0 Å². The lowest BCUT2D eigenvalue weighted by Gasteiger charge is -2.14. The van der Waals surface area contributed by atoms with Crippen molar-refractivity contribution in [2.45, 2.75) is 12.8 Å². The van der Waals surface area contributed by atoms with Crippen LogP contribution < -0.4 is 5.32 Å². The Morgan fingerprint density at radius 1 is 0.950 bits per heavy atom. The van der Waals surface area contributed by atoms with Crippen LogP contribution in [0.3, 0.4) is 0 Å². The van der Waals surface area contributed by atoms with E-state index in [-0.39, 0.29) is 0 Å². The highest BCUT2D eigenvalue weighted by Crippen LogP contribution is 2.18. The van der Waals surface area contributed by atoms with E-state index in [1.165, 1.54) is 5.56 Å². The number of benzene rings is 2. The maximum Gasteiger partial charge on any atom is 0.0907 e. The van der Waals surface area contributed by atoms with Crippen molar-refractivity contribution in [3.63, 3.8) is 0 Å². The summed E-state index contributed by atoms with van der Waals surface area (Å²) in [7, 11) is 0. The van der Waals surface area contributed by atoms with Gasteiger partial charge >= 0.3 is 0 Å². The highest BCUT2D eigenvalue weighted by atomic mass is 14.9. The maximum absolute atomic E-state index is 4.32. The number of hydrogen-bond acceptors (Lipinski definition) is 3. The van der Waals surface area contributed by atoms with Crippen molar-refractivity contribution in [1.82, 2.24) is 9.97 Å². The summed E-state index contributed by atoms with van der Waals surface area (Å²) in [6.07, 6.45) is 3.44. The van der Waals surface area contributed by atoms with Gasteiger partial charge in [-0.15, -0.1) is 0 Å². The summed E-state index contributed by atoms with van der Waals surface area (Å²) < 4.78 is 0. The first-order chi connectivity index (χ1) is 9.83. The normalized spacial score (nSPS) is 12.2. The van der Waals surface area contributed by atoms with Crippen LogP contribution in [0.4, 0.5) is 5.69 Å². The molecule has 0 saturated carbocycles. The minimum atomic E-state index is 0.466. The summed E-state index contributed by atoms with van der Waals surface area (Å²) in [6, 6.07) is 16.6. The van der Waals surface area contributed by atoms with Gasteiger partial charge in [-0.05, 0) is 29.7 Å². The Bertz CT molecular complexity index is 695.